The molecule has 0 saturated heterocycles. The molecule has 1 atom stereocenters. The second-order valence-corrected chi connectivity index (χ2v) is 6.01. The Morgan fingerprint density at radius 1 is 1.40 bits per heavy atom. The number of thiazole rings is 1. The zero-order valence-corrected chi connectivity index (χ0v) is 13.9. The maximum Gasteiger partial charge on any atom is 0.147 e. The highest BCUT2D eigenvalue weighted by Crippen LogP contribution is 2.39. The molecule has 108 valence electrons. The van der Waals surface area contributed by atoms with Crippen LogP contribution in [0.5, 0.6) is 5.75 Å². The van der Waals surface area contributed by atoms with Crippen molar-refractivity contribution in [3.05, 3.63) is 32.6 Å². The van der Waals surface area contributed by atoms with E-state index in [4.69, 9.17) is 27.9 Å². The normalized spacial score (nSPS) is 12.4. The summed E-state index contributed by atoms with van der Waals surface area (Å²) in [5.74, 6) is 0.632. The minimum atomic E-state index is 0.207. The molecule has 1 heterocycles. The summed E-state index contributed by atoms with van der Waals surface area (Å²) >= 11 is 13.9. The summed E-state index contributed by atoms with van der Waals surface area (Å²) in [6.45, 7) is 4.53. The highest BCUT2D eigenvalue weighted by Gasteiger charge is 2.16. The molecular weight excluding hydrogens is 315 g/mol. The molecule has 0 radical (unpaired) electrons. The van der Waals surface area contributed by atoms with Crippen molar-refractivity contribution in [1.29, 1.82) is 0 Å². The number of hydrogen-bond acceptors (Lipinski definition) is 4. The van der Waals surface area contributed by atoms with Crippen LogP contribution in [0.4, 0.5) is 0 Å². The SMILES string of the molecule is CCOc1c(Cl)cc(Cl)cc1-c1csc(C(C)NC)n1. The van der Waals surface area contributed by atoms with E-state index in [0.29, 0.717) is 22.4 Å². The fourth-order valence-electron chi connectivity index (χ4n) is 1.78. The van der Waals surface area contributed by atoms with Gasteiger partial charge in [0, 0.05) is 16.0 Å². The lowest BCUT2D eigenvalue weighted by molar-refractivity contribution is 0.342. The third-order valence-electron chi connectivity index (χ3n) is 2.90. The molecule has 2 rings (SSSR count). The number of aromatic nitrogens is 1. The van der Waals surface area contributed by atoms with Gasteiger partial charge >= 0.3 is 0 Å². The summed E-state index contributed by atoms with van der Waals surface area (Å²) in [4.78, 5) is 4.64. The van der Waals surface area contributed by atoms with Gasteiger partial charge in [0.25, 0.3) is 0 Å². The molecule has 1 aromatic heterocycles. The largest absolute Gasteiger partial charge is 0.492 e. The predicted molar refractivity (Wildman–Crippen MR) is 86.2 cm³/mol. The van der Waals surface area contributed by atoms with Crippen molar-refractivity contribution in [2.24, 2.45) is 0 Å². The first-order valence-electron chi connectivity index (χ1n) is 6.31. The second kappa shape index (κ2) is 6.76. The average molecular weight is 331 g/mol. The molecule has 20 heavy (non-hydrogen) atoms. The lowest BCUT2D eigenvalue weighted by Crippen LogP contribution is -2.11. The monoisotopic (exact) mass is 330 g/mol. The van der Waals surface area contributed by atoms with Gasteiger partial charge in [0.05, 0.1) is 23.4 Å². The summed E-state index contributed by atoms with van der Waals surface area (Å²) in [7, 11) is 1.91. The van der Waals surface area contributed by atoms with Crippen molar-refractivity contribution in [1.82, 2.24) is 10.3 Å². The van der Waals surface area contributed by atoms with Gasteiger partial charge in [-0.2, -0.15) is 0 Å². The third-order valence-corrected chi connectivity index (χ3v) is 4.42. The maximum atomic E-state index is 6.21. The average Bonchev–Trinajstić information content (AvgIpc) is 2.90. The molecule has 0 aliphatic carbocycles. The van der Waals surface area contributed by atoms with Crippen molar-refractivity contribution < 1.29 is 4.74 Å². The van der Waals surface area contributed by atoms with Gasteiger partial charge in [-0.3, -0.25) is 0 Å². The van der Waals surface area contributed by atoms with Crippen molar-refractivity contribution >= 4 is 34.5 Å². The Morgan fingerprint density at radius 2 is 2.15 bits per heavy atom. The molecule has 0 saturated carbocycles. The number of nitrogens with zero attached hydrogens (tertiary/aromatic N) is 1. The first-order valence-corrected chi connectivity index (χ1v) is 7.95. The van der Waals surface area contributed by atoms with Crippen LogP contribution < -0.4 is 10.1 Å². The Balaban J connectivity index is 2.48. The molecule has 0 bridgehead atoms. The predicted octanol–water partition coefficient (Wildman–Crippen LogP) is 4.80. The number of hydrogen-bond donors (Lipinski definition) is 1. The number of rotatable bonds is 5. The van der Waals surface area contributed by atoms with Crippen molar-refractivity contribution in [3.63, 3.8) is 0 Å². The molecule has 3 nitrogen and oxygen atoms in total. The maximum absolute atomic E-state index is 6.21. The molecule has 0 aliphatic rings. The van der Waals surface area contributed by atoms with E-state index >= 15 is 0 Å². The second-order valence-electron chi connectivity index (χ2n) is 4.28. The molecule has 6 heteroatoms. The van der Waals surface area contributed by atoms with E-state index in [0.717, 1.165) is 16.3 Å². The Kier molecular flexibility index (Phi) is 5.27. The van der Waals surface area contributed by atoms with Crippen LogP contribution in [0.3, 0.4) is 0 Å². The number of ether oxygens (including phenoxy) is 1. The fourth-order valence-corrected chi connectivity index (χ4v) is 3.21. The van der Waals surface area contributed by atoms with Crippen LogP contribution in [-0.2, 0) is 0 Å². The molecule has 1 N–H and O–H groups in total. The lowest BCUT2D eigenvalue weighted by Gasteiger charge is -2.11. The highest BCUT2D eigenvalue weighted by molar-refractivity contribution is 7.10. The summed E-state index contributed by atoms with van der Waals surface area (Å²) in [6.07, 6.45) is 0. The first kappa shape index (κ1) is 15.6. The van der Waals surface area contributed by atoms with Crippen molar-refractivity contribution in [2.45, 2.75) is 19.9 Å². The molecular formula is C14H16Cl2N2OS. The molecule has 1 aromatic carbocycles. The summed E-state index contributed by atoms with van der Waals surface area (Å²) in [5, 5.41) is 7.26. The summed E-state index contributed by atoms with van der Waals surface area (Å²) < 4.78 is 5.63. The van der Waals surface area contributed by atoms with Crippen LogP contribution >= 0.6 is 34.5 Å². The fraction of sp³-hybridized carbons (Fsp3) is 0.357. The lowest BCUT2D eigenvalue weighted by atomic mass is 10.1. The minimum absolute atomic E-state index is 0.207. The first-order chi connectivity index (χ1) is 9.56. The topological polar surface area (TPSA) is 34.1 Å². The van der Waals surface area contributed by atoms with Crippen LogP contribution in [0.15, 0.2) is 17.5 Å². The van der Waals surface area contributed by atoms with Crippen LogP contribution in [0.1, 0.15) is 24.9 Å². The van der Waals surface area contributed by atoms with Crippen molar-refractivity contribution in [3.8, 4) is 17.0 Å². The number of nitrogens with one attached hydrogen (secondary N) is 1. The Bertz CT molecular complexity index is 601. The van der Waals surface area contributed by atoms with Gasteiger partial charge in [-0.1, -0.05) is 23.2 Å². The smallest absolute Gasteiger partial charge is 0.147 e. The van der Waals surface area contributed by atoms with Gasteiger partial charge in [-0.25, -0.2) is 4.98 Å². The van der Waals surface area contributed by atoms with Gasteiger partial charge in [-0.15, -0.1) is 11.3 Å². The van der Waals surface area contributed by atoms with E-state index < -0.39 is 0 Å². The Morgan fingerprint density at radius 3 is 2.80 bits per heavy atom. The molecule has 2 aromatic rings. The van der Waals surface area contributed by atoms with E-state index in [-0.39, 0.29) is 6.04 Å². The van der Waals surface area contributed by atoms with Crippen LogP contribution in [-0.4, -0.2) is 18.6 Å². The van der Waals surface area contributed by atoms with Gasteiger partial charge in [0.1, 0.15) is 10.8 Å². The van der Waals surface area contributed by atoms with Crippen LogP contribution in [0, 0.1) is 0 Å². The Labute approximate surface area is 132 Å². The number of halogens is 2. The zero-order valence-electron chi connectivity index (χ0n) is 11.5. The highest BCUT2D eigenvalue weighted by atomic mass is 35.5. The van der Waals surface area contributed by atoms with E-state index in [1.54, 1.807) is 17.4 Å². The van der Waals surface area contributed by atoms with Crippen LogP contribution in [0.25, 0.3) is 11.3 Å². The summed E-state index contributed by atoms with van der Waals surface area (Å²) in [5.41, 5.74) is 1.66. The van der Waals surface area contributed by atoms with E-state index in [2.05, 4.69) is 17.2 Å². The van der Waals surface area contributed by atoms with Crippen molar-refractivity contribution in [2.75, 3.05) is 13.7 Å². The van der Waals surface area contributed by atoms with Gasteiger partial charge in [0.15, 0.2) is 0 Å². The Hall–Kier alpha value is -0.810. The summed E-state index contributed by atoms with van der Waals surface area (Å²) in [6, 6.07) is 3.72. The van der Waals surface area contributed by atoms with Crippen LogP contribution in [0.2, 0.25) is 10.0 Å². The molecule has 0 aliphatic heterocycles. The van der Waals surface area contributed by atoms with E-state index in [1.807, 2.05) is 25.4 Å². The zero-order chi connectivity index (χ0) is 14.7. The van der Waals surface area contributed by atoms with E-state index in [9.17, 15) is 0 Å². The number of benzene rings is 1. The van der Waals surface area contributed by atoms with Gasteiger partial charge < -0.3 is 10.1 Å². The molecule has 1 unspecified atom stereocenters. The molecule has 0 amide bonds. The third kappa shape index (κ3) is 3.26. The quantitative estimate of drug-likeness (QED) is 0.855. The van der Waals surface area contributed by atoms with Gasteiger partial charge in [0.2, 0.25) is 0 Å². The van der Waals surface area contributed by atoms with Gasteiger partial charge in [-0.05, 0) is 33.0 Å². The molecule has 0 fully saturated rings. The molecule has 0 spiro atoms. The minimum Gasteiger partial charge on any atom is -0.492 e. The van der Waals surface area contributed by atoms with E-state index in [1.165, 1.54) is 0 Å². The standard InChI is InChI=1S/C14H16Cl2N2OS/c1-4-19-13-10(5-9(15)6-11(13)16)12-7-20-14(18-12)8(2)17-3/h5-8,17H,4H2,1-3H3.